The average Bonchev–Trinajstić information content (AvgIpc) is 2.47. The summed E-state index contributed by atoms with van der Waals surface area (Å²) in [6.07, 6.45) is 3.18. The summed E-state index contributed by atoms with van der Waals surface area (Å²) in [4.78, 5) is 10.8. The first-order valence-corrected chi connectivity index (χ1v) is 6.18. The Morgan fingerprint density at radius 3 is 2.63 bits per heavy atom. The van der Waals surface area contributed by atoms with Gasteiger partial charge in [-0.25, -0.2) is 4.98 Å². The molecule has 0 radical (unpaired) electrons. The number of anilines is 1. The molecule has 0 spiro atoms. The van der Waals surface area contributed by atoms with Crippen molar-refractivity contribution in [3.05, 3.63) is 24.5 Å². The van der Waals surface area contributed by atoms with Crippen molar-refractivity contribution in [1.29, 1.82) is 0 Å². The molecule has 1 aliphatic heterocycles. The van der Waals surface area contributed by atoms with Gasteiger partial charge in [0.2, 0.25) is 0 Å². The second-order valence-electron chi connectivity index (χ2n) is 4.48. The van der Waals surface area contributed by atoms with Crippen LogP contribution in [0.5, 0.6) is 0 Å². The predicted octanol–water partition coefficient (Wildman–Crippen LogP) is -0.854. The number of ether oxygens (including phenoxy) is 1. The number of hydrogen-bond donors (Lipinski definition) is 2. The minimum absolute atomic E-state index is 0.369. The van der Waals surface area contributed by atoms with Crippen LogP contribution in [0.1, 0.15) is 0 Å². The molecule has 0 amide bonds. The molecule has 98 valence electrons. The van der Waals surface area contributed by atoms with E-state index in [4.69, 9.17) is 14.8 Å². The summed E-state index contributed by atoms with van der Waals surface area (Å²) in [6.45, 7) is 3.07. The molecule has 1 aliphatic rings. The molecule has 0 aromatic carbocycles. The van der Waals surface area contributed by atoms with Crippen LogP contribution >= 0.6 is 0 Å². The molecule has 2 aromatic rings. The Bertz CT molecular complexity index is 587. The zero-order valence-corrected chi connectivity index (χ0v) is 10.4. The predicted molar refractivity (Wildman–Crippen MR) is 72.4 cm³/mol. The Hall–Kier alpha value is -1.70. The van der Waals surface area contributed by atoms with Crippen LogP contribution in [0, 0.1) is 0 Å². The summed E-state index contributed by atoms with van der Waals surface area (Å²) in [7, 11) is -1.50. The zero-order valence-electron chi connectivity index (χ0n) is 10.4. The van der Waals surface area contributed by atoms with Crippen LogP contribution in [0.15, 0.2) is 24.5 Å². The van der Waals surface area contributed by atoms with E-state index in [-0.39, 0.29) is 0 Å². The van der Waals surface area contributed by atoms with Crippen LogP contribution in [0.25, 0.3) is 10.9 Å². The smallest absolute Gasteiger partial charge is 0.423 e. The highest BCUT2D eigenvalue weighted by atomic mass is 16.5. The Kier molecular flexibility index (Phi) is 3.33. The van der Waals surface area contributed by atoms with Crippen LogP contribution < -0.4 is 10.4 Å². The molecular weight excluding hydrogens is 245 g/mol. The van der Waals surface area contributed by atoms with E-state index in [1.807, 2.05) is 6.07 Å². The van der Waals surface area contributed by atoms with Gasteiger partial charge < -0.3 is 19.7 Å². The molecule has 6 nitrogen and oxygen atoms in total. The van der Waals surface area contributed by atoms with Gasteiger partial charge in [0.15, 0.2) is 0 Å². The van der Waals surface area contributed by atoms with Crippen molar-refractivity contribution in [2.75, 3.05) is 31.2 Å². The summed E-state index contributed by atoms with van der Waals surface area (Å²) in [5.74, 6) is 0.876. The normalized spacial score (nSPS) is 15.8. The second kappa shape index (κ2) is 5.12. The molecule has 0 atom stereocenters. The third-order valence-electron chi connectivity index (χ3n) is 3.21. The molecule has 1 saturated heterocycles. The summed E-state index contributed by atoms with van der Waals surface area (Å²) < 4.78 is 5.31. The van der Waals surface area contributed by atoms with Crippen LogP contribution in [0.3, 0.4) is 0 Å². The van der Waals surface area contributed by atoms with E-state index in [9.17, 15) is 0 Å². The lowest BCUT2D eigenvalue weighted by Gasteiger charge is -2.27. The average molecular weight is 259 g/mol. The minimum Gasteiger partial charge on any atom is -0.423 e. The van der Waals surface area contributed by atoms with E-state index in [1.54, 1.807) is 12.3 Å². The molecule has 3 heterocycles. The monoisotopic (exact) mass is 259 g/mol. The lowest BCUT2D eigenvalue weighted by atomic mass is 9.81. The van der Waals surface area contributed by atoms with Gasteiger partial charge in [0, 0.05) is 42.4 Å². The number of hydrogen-bond acceptors (Lipinski definition) is 6. The number of fused-ring (bicyclic) bond motifs is 1. The molecule has 1 fully saturated rings. The Morgan fingerprint density at radius 1 is 1.11 bits per heavy atom. The van der Waals surface area contributed by atoms with Gasteiger partial charge in [-0.15, -0.1) is 0 Å². The first kappa shape index (κ1) is 12.3. The summed E-state index contributed by atoms with van der Waals surface area (Å²) in [5.41, 5.74) is 1.16. The van der Waals surface area contributed by atoms with Gasteiger partial charge in [0.1, 0.15) is 5.82 Å². The van der Waals surface area contributed by atoms with E-state index in [1.165, 1.54) is 6.20 Å². The van der Waals surface area contributed by atoms with Crippen LogP contribution in [-0.2, 0) is 4.74 Å². The van der Waals surface area contributed by atoms with Gasteiger partial charge in [-0.2, -0.15) is 0 Å². The second-order valence-corrected chi connectivity index (χ2v) is 4.48. The maximum Gasteiger partial charge on any atom is 0.490 e. The topological polar surface area (TPSA) is 78.7 Å². The van der Waals surface area contributed by atoms with Crippen molar-refractivity contribution in [2.24, 2.45) is 0 Å². The zero-order chi connectivity index (χ0) is 13.2. The standard InChI is InChI=1S/C12H14BN3O3/c17-13(18)10-5-9-7-15-12(6-11(9)14-8-10)16-1-3-19-4-2-16/h5-8,17-18H,1-4H2. The van der Waals surface area contributed by atoms with E-state index in [0.717, 1.165) is 29.8 Å². The quantitative estimate of drug-likeness (QED) is 0.684. The Balaban J connectivity index is 1.94. The SMILES string of the molecule is OB(O)c1cnc2cc(N3CCOCC3)ncc2c1. The van der Waals surface area contributed by atoms with Gasteiger partial charge in [0.25, 0.3) is 0 Å². The van der Waals surface area contributed by atoms with E-state index in [2.05, 4.69) is 14.9 Å². The summed E-state index contributed by atoms with van der Waals surface area (Å²) in [6, 6.07) is 3.59. The number of rotatable bonds is 2. The van der Waals surface area contributed by atoms with Gasteiger partial charge in [-0.3, -0.25) is 4.98 Å². The molecular formula is C12H14BN3O3. The van der Waals surface area contributed by atoms with Crippen molar-refractivity contribution < 1.29 is 14.8 Å². The van der Waals surface area contributed by atoms with E-state index < -0.39 is 7.12 Å². The number of aromatic nitrogens is 2. The molecule has 0 aliphatic carbocycles. The maximum atomic E-state index is 9.11. The van der Waals surface area contributed by atoms with Crippen molar-refractivity contribution in [1.82, 2.24) is 9.97 Å². The summed E-state index contributed by atoms with van der Waals surface area (Å²) >= 11 is 0. The fourth-order valence-corrected chi connectivity index (χ4v) is 2.14. The molecule has 7 heteroatoms. The maximum absolute atomic E-state index is 9.11. The molecule has 0 unspecified atom stereocenters. The minimum atomic E-state index is -1.50. The molecule has 3 rings (SSSR count). The highest BCUT2D eigenvalue weighted by Crippen LogP contribution is 2.17. The summed E-state index contributed by atoms with van der Waals surface area (Å²) in [5, 5.41) is 19.0. The Labute approximate surface area is 110 Å². The van der Waals surface area contributed by atoms with Crippen molar-refractivity contribution in [3.63, 3.8) is 0 Å². The van der Waals surface area contributed by atoms with Crippen LogP contribution in [0.4, 0.5) is 5.82 Å². The molecule has 0 bridgehead atoms. The van der Waals surface area contributed by atoms with E-state index in [0.29, 0.717) is 18.7 Å². The van der Waals surface area contributed by atoms with E-state index >= 15 is 0 Å². The third-order valence-corrected chi connectivity index (χ3v) is 3.21. The number of pyridine rings is 2. The molecule has 0 saturated carbocycles. The van der Waals surface area contributed by atoms with Gasteiger partial charge in [0.05, 0.1) is 18.7 Å². The molecule has 2 N–H and O–H groups in total. The van der Waals surface area contributed by atoms with Crippen LogP contribution in [-0.4, -0.2) is 53.4 Å². The number of nitrogens with zero attached hydrogens (tertiary/aromatic N) is 3. The molecule has 2 aromatic heterocycles. The van der Waals surface area contributed by atoms with Crippen molar-refractivity contribution in [2.45, 2.75) is 0 Å². The van der Waals surface area contributed by atoms with Crippen LogP contribution in [0.2, 0.25) is 0 Å². The lowest BCUT2D eigenvalue weighted by Crippen LogP contribution is -2.36. The Morgan fingerprint density at radius 2 is 1.89 bits per heavy atom. The largest absolute Gasteiger partial charge is 0.490 e. The van der Waals surface area contributed by atoms with Gasteiger partial charge in [-0.05, 0) is 6.07 Å². The fraction of sp³-hybridized carbons (Fsp3) is 0.333. The number of morpholine rings is 1. The van der Waals surface area contributed by atoms with Gasteiger partial charge >= 0.3 is 7.12 Å². The third kappa shape index (κ3) is 2.53. The first-order chi connectivity index (χ1) is 9.24. The highest BCUT2D eigenvalue weighted by Gasteiger charge is 2.15. The highest BCUT2D eigenvalue weighted by molar-refractivity contribution is 6.58. The lowest BCUT2D eigenvalue weighted by molar-refractivity contribution is 0.122. The van der Waals surface area contributed by atoms with Gasteiger partial charge in [-0.1, -0.05) is 0 Å². The molecule has 19 heavy (non-hydrogen) atoms. The van der Waals surface area contributed by atoms with Crippen molar-refractivity contribution in [3.8, 4) is 0 Å². The van der Waals surface area contributed by atoms with Crippen molar-refractivity contribution >= 4 is 29.3 Å². The first-order valence-electron chi connectivity index (χ1n) is 6.18. The fourth-order valence-electron chi connectivity index (χ4n) is 2.14.